The zero-order valence-electron chi connectivity index (χ0n) is 9.47. The lowest BCUT2D eigenvalue weighted by Crippen LogP contribution is -2.24. The van der Waals surface area contributed by atoms with Crippen LogP contribution in [0.1, 0.15) is 10.4 Å². The standard InChI is InChI=1S/C12H11NO4/c1-16-10-6-4-3-5-8(10)11(14)9(7-13)12(15)17-2/h3-6,9H,1-2H3/t9-/m0/s1. The van der Waals surface area contributed by atoms with Gasteiger partial charge in [0.1, 0.15) is 5.75 Å². The van der Waals surface area contributed by atoms with E-state index in [9.17, 15) is 9.59 Å². The first-order valence-electron chi connectivity index (χ1n) is 4.80. The summed E-state index contributed by atoms with van der Waals surface area (Å²) in [6.07, 6.45) is 0. The largest absolute Gasteiger partial charge is 0.496 e. The highest BCUT2D eigenvalue weighted by Crippen LogP contribution is 2.21. The van der Waals surface area contributed by atoms with Crippen LogP contribution in [0, 0.1) is 17.2 Å². The molecule has 17 heavy (non-hydrogen) atoms. The van der Waals surface area contributed by atoms with Crippen molar-refractivity contribution in [2.45, 2.75) is 0 Å². The first kappa shape index (κ1) is 12.7. The number of benzene rings is 1. The number of carbonyl (C=O) groups excluding carboxylic acids is 2. The molecule has 0 saturated carbocycles. The molecule has 0 heterocycles. The minimum absolute atomic E-state index is 0.187. The molecule has 0 aliphatic heterocycles. The van der Waals surface area contributed by atoms with Gasteiger partial charge in [-0.1, -0.05) is 12.1 Å². The molecule has 5 nitrogen and oxygen atoms in total. The Morgan fingerprint density at radius 2 is 1.94 bits per heavy atom. The quantitative estimate of drug-likeness (QED) is 0.443. The van der Waals surface area contributed by atoms with Gasteiger partial charge in [0.05, 0.1) is 25.9 Å². The third-order valence-corrected chi connectivity index (χ3v) is 2.20. The number of nitrogens with zero attached hydrogens (tertiary/aromatic N) is 1. The van der Waals surface area contributed by atoms with Gasteiger partial charge in [-0.2, -0.15) is 5.26 Å². The molecular weight excluding hydrogens is 222 g/mol. The van der Waals surface area contributed by atoms with Crippen LogP contribution in [0.4, 0.5) is 0 Å². The number of carbonyl (C=O) groups is 2. The Balaban J connectivity index is 3.11. The number of hydrogen-bond donors (Lipinski definition) is 0. The van der Waals surface area contributed by atoms with E-state index in [1.54, 1.807) is 24.3 Å². The number of nitriles is 1. The zero-order chi connectivity index (χ0) is 12.8. The third kappa shape index (κ3) is 2.61. The molecule has 0 unspecified atom stereocenters. The van der Waals surface area contributed by atoms with Crippen molar-refractivity contribution >= 4 is 11.8 Å². The van der Waals surface area contributed by atoms with E-state index in [1.807, 2.05) is 0 Å². The summed E-state index contributed by atoms with van der Waals surface area (Å²) in [5.41, 5.74) is 0.187. The van der Waals surface area contributed by atoms with Gasteiger partial charge < -0.3 is 9.47 Å². The molecule has 0 bridgehead atoms. The number of esters is 1. The molecule has 1 atom stereocenters. The molecule has 0 fully saturated rings. The van der Waals surface area contributed by atoms with Crippen molar-refractivity contribution in [2.24, 2.45) is 5.92 Å². The van der Waals surface area contributed by atoms with Gasteiger partial charge in [-0.15, -0.1) is 0 Å². The summed E-state index contributed by atoms with van der Waals surface area (Å²) in [5.74, 6) is -2.64. The fourth-order valence-corrected chi connectivity index (χ4v) is 1.34. The smallest absolute Gasteiger partial charge is 0.331 e. The lowest BCUT2D eigenvalue weighted by atomic mass is 9.98. The number of Topliss-reactive ketones (excluding diaryl/α,β-unsaturated/α-hetero) is 1. The predicted octanol–water partition coefficient (Wildman–Crippen LogP) is 1.19. The van der Waals surface area contributed by atoms with Gasteiger partial charge >= 0.3 is 5.97 Å². The summed E-state index contributed by atoms with van der Waals surface area (Å²) in [5, 5.41) is 8.81. The van der Waals surface area contributed by atoms with E-state index in [0.717, 1.165) is 7.11 Å². The lowest BCUT2D eigenvalue weighted by Gasteiger charge is -2.09. The van der Waals surface area contributed by atoms with E-state index in [-0.39, 0.29) is 5.56 Å². The van der Waals surface area contributed by atoms with Crippen molar-refractivity contribution in [1.82, 2.24) is 0 Å². The van der Waals surface area contributed by atoms with Gasteiger partial charge in [-0.05, 0) is 12.1 Å². The number of methoxy groups -OCH3 is 2. The van der Waals surface area contributed by atoms with Crippen molar-refractivity contribution < 1.29 is 19.1 Å². The highest BCUT2D eigenvalue weighted by Gasteiger charge is 2.30. The van der Waals surface area contributed by atoms with Crippen molar-refractivity contribution in [3.05, 3.63) is 29.8 Å². The Hall–Kier alpha value is -2.35. The van der Waals surface area contributed by atoms with Crippen molar-refractivity contribution in [1.29, 1.82) is 5.26 Å². The monoisotopic (exact) mass is 233 g/mol. The first-order chi connectivity index (χ1) is 8.15. The van der Waals surface area contributed by atoms with Crippen LogP contribution in [-0.2, 0) is 9.53 Å². The second-order valence-corrected chi connectivity index (χ2v) is 3.15. The van der Waals surface area contributed by atoms with Crippen LogP contribution in [0.3, 0.4) is 0 Å². The molecule has 0 saturated heterocycles. The molecular formula is C12H11NO4. The Kier molecular flexibility index (Phi) is 4.23. The summed E-state index contributed by atoms with van der Waals surface area (Å²) in [6.45, 7) is 0. The second-order valence-electron chi connectivity index (χ2n) is 3.15. The van der Waals surface area contributed by atoms with Crippen LogP contribution in [-0.4, -0.2) is 26.0 Å². The molecule has 1 aromatic rings. The van der Waals surface area contributed by atoms with E-state index in [1.165, 1.54) is 13.2 Å². The highest BCUT2D eigenvalue weighted by molar-refractivity contribution is 6.11. The maximum atomic E-state index is 12.0. The number of ether oxygens (including phenoxy) is 2. The van der Waals surface area contributed by atoms with Gasteiger partial charge in [0, 0.05) is 0 Å². The SMILES string of the molecule is COC(=O)[C@@H](C#N)C(=O)c1ccccc1OC. The molecule has 0 aliphatic rings. The lowest BCUT2D eigenvalue weighted by molar-refractivity contribution is -0.141. The van der Waals surface area contributed by atoms with Gasteiger partial charge in [-0.3, -0.25) is 9.59 Å². The Bertz CT molecular complexity index is 476. The van der Waals surface area contributed by atoms with Gasteiger partial charge in [-0.25, -0.2) is 0 Å². The van der Waals surface area contributed by atoms with E-state index in [4.69, 9.17) is 10.00 Å². The zero-order valence-corrected chi connectivity index (χ0v) is 9.47. The summed E-state index contributed by atoms with van der Waals surface area (Å²) in [4.78, 5) is 23.2. The van der Waals surface area contributed by atoms with E-state index in [0.29, 0.717) is 5.75 Å². The molecule has 0 N–H and O–H groups in total. The van der Waals surface area contributed by atoms with Crippen molar-refractivity contribution in [3.63, 3.8) is 0 Å². The first-order valence-corrected chi connectivity index (χ1v) is 4.80. The summed E-state index contributed by atoms with van der Waals surface area (Å²) < 4.78 is 9.39. The fraction of sp³-hybridized carbons (Fsp3) is 0.250. The van der Waals surface area contributed by atoms with E-state index >= 15 is 0 Å². The average molecular weight is 233 g/mol. The number of hydrogen-bond acceptors (Lipinski definition) is 5. The molecule has 0 radical (unpaired) electrons. The van der Waals surface area contributed by atoms with E-state index in [2.05, 4.69) is 4.74 Å². The summed E-state index contributed by atoms with van der Waals surface area (Å²) in [7, 11) is 2.54. The molecule has 0 aromatic heterocycles. The second kappa shape index (κ2) is 5.66. The topological polar surface area (TPSA) is 76.4 Å². The van der Waals surface area contributed by atoms with E-state index < -0.39 is 17.7 Å². The summed E-state index contributed by atoms with van der Waals surface area (Å²) >= 11 is 0. The minimum atomic E-state index is -1.46. The van der Waals surface area contributed by atoms with Gasteiger partial charge in [0.15, 0.2) is 5.78 Å². The normalized spacial score (nSPS) is 11.1. The molecule has 0 spiro atoms. The molecule has 0 aliphatic carbocycles. The van der Waals surface area contributed by atoms with Crippen LogP contribution < -0.4 is 4.74 Å². The minimum Gasteiger partial charge on any atom is -0.496 e. The number of para-hydroxylation sites is 1. The van der Waals surface area contributed by atoms with Crippen molar-refractivity contribution in [3.8, 4) is 11.8 Å². The predicted molar refractivity (Wildman–Crippen MR) is 58.4 cm³/mol. The Morgan fingerprint density at radius 1 is 1.29 bits per heavy atom. The van der Waals surface area contributed by atoms with Crippen LogP contribution in [0.2, 0.25) is 0 Å². The van der Waals surface area contributed by atoms with Crippen LogP contribution in [0.5, 0.6) is 5.75 Å². The molecule has 5 heteroatoms. The van der Waals surface area contributed by atoms with Crippen molar-refractivity contribution in [2.75, 3.05) is 14.2 Å². The molecule has 0 amide bonds. The molecule has 1 rings (SSSR count). The van der Waals surface area contributed by atoms with Gasteiger partial charge in [0.2, 0.25) is 5.92 Å². The maximum Gasteiger partial charge on any atom is 0.331 e. The Labute approximate surface area is 98.6 Å². The molecule has 88 valence electrons. The summed E-state index contributed by atoms with van der Waals surface area (Å²) in [6, 6.07) is 8.02. The van der Waals surface area contributed by atoms with Crippen LogP contribution >= 0.6 is 0 Å². The number of rotatable bonds is 4. The average Bonchev–Trinajstić information content (AvgIpc) is 2.38. The maximum absolute atomic E-state index is 12.0. The van der Waals surface area contributed by atoms with Crippen LogP contribution in [0.15, 0.2) is 24.3 Å². The molecule has 1 aromatic carbocycles. The Morgan fingerprint density at radius 3 is 2.47 bits per heavy atom. The highest BCUT2D eigenvalue weighted by atomic mass is 16.5. The third-order valence-electron chi connectivity index (χ3n) is 2.20. The fourth-order valence-electron chi connectivity index (χ4n) is 1.34. The van der Waals surface area contributed by atoms with Crippen LogP contribution in [0.25, 0.3) is 0 Å². The number of ketones is 1. The van der Waals surface area contributed by atoms with Gasteiger partial charge in [0.25, 0.3) is 0 Å².